The number of aromatic hydroxyl groups is 1. The molecule has 0 aliphatic carbocycles. The summed E-state index contributed by atoms with van der Waals surface area (Å²) in [6.45, 7) is 11.0. The monoisotopic (exact) mass is 766 g/mol. The molecule has 0 saturated carbocycles. The van der Waals surface area contributed by atoms with E-state index in [9.17, 15) is 5.11 Å². The molecule has 0 bridgehead atoms. The van der Waals surface area contributed by atoms with Crippen LogP contribution in [-0.2, 0) is 27.1 Å². The zero-order chi connectivity index (χ0) is 35.8. The van der Waals surface area contributed by atoms with Crippen LogP contribution in [0.4, 0.5) is 0 Å². The minimum Gasteiger partial charge on any atom is -0.508 e. The smallest absolute Gasteiger partial charge is 0.119 e. The molecule has 0 saturated heterocycles. The number of halogens is 1. The van der Waals surface area contributed by atoms with Gasteiger partial charge in [0.2, 0.25) is 0 Å². The summed E-state index contributed by atoms with van der Waals surface area (Å²) in [5.74, 6) is 1.02. The molecule has 266 valence electrons. The first-order chi connectivity index (χ1) is 25.0. The topological polar surface area (TPSA) is 57.2 Å². The van der Waals surface area contributed by atoms with Gasteiger partial charge in [0.1, 0.15) is 11.5 Å². The van der Waals surface area contributed by atoms with Crippen LogP contribution in [0.5, 0.6) is 11.5 Å². The summed E-state index contributed by atoms with van der Waals surface area (Å²) in [7, 11) is 0. The Morgan fingerprint density at radius 1 is 0.569 bits per heavy atom. The van der Waals surface area contributed by atoms with Crippen molar-refractivity contribution in [1.29, 1.82) is 0 Å². The van der Waals surface area contributed by atoms with E-state index in [0.29, 0.717) is 52.7 Å². The van der Waals surface area contributed by atoms with Crippen LogP contribution >= 0.6 is 20.8 Å². The van der Waals surface area contributed by atoms with E-state index in [0.717, 1.165) is 40.6 Å². The molecule has 0 atom stereocenters. The van der Waals surface area contributed by atoms with Crippen LogP contribution in [0, 0.1) is 0 Å². The van der Waals surface area contributed by atoms with E-state index in [4.69, 9.17) is 18.9 Å². The van der Waals surface area contributed by atoms with Crippen molar-refractivity contribution < 1.29 is 24.1 Å². The summed E-state index contributed by atoms with van der Waals surface area (Å²) in [6.07, 6.45) is 5.82. The second-order valence-corrected chi connectivity index (χ2v) is 21.3. The van der Waals surface area contributed by atoms with E-state index in [-0.39, 0.29) is 5.75 Å². The van der Waals surface area contributed by atoms with E-state index >= 15 is 0 Å². The summed E-state index contributed by atoms with van der Waals surface area (Å²) >= 11 is 4.47. The number of hydrogen-bond donors (Lipinski definition) is 1. The van der Waals surface area contributed by atoms with Crippen LogP contribution < -0.4 is 20.7 Å². The van der Waals surface area contributed by atoms with Crippen molar-refractivity contribution >= 4 is 36.7 Å². The molecule has 1 N–H and O–H groups in total. The number of ether oxygens (including phenoxy) is 4. The average Bonchev–Trinajstić information content (AvgIpc) is 3.18. The van der Waals surface area contributed by atoms with Gasteiger partial charge in [-0.1, -0.05) is 24.3 Å². The first kappa shape index (κ1) is 38.2. The SMILES string of the molecule is C=CCc1ccc(OCCOCCOCCOCCP(Br)(c2ccccc2)(c2ccccc2)c2ccccc2)c(-c2ccc(O)c(CC=C)c2)c1. The third-order valence-corrected chi connectivity index (χ3v) is 18.8. The molecule has 0 heterocycles. The summed E-state index contributed by atoms with van der Waals surface area (Å²) in [4.78, 5) is 0. The third-order valence-electron chi connectivity index (χ3n) is 8.95. The Bertz CT molecular complexity index is 1730. The molecule has 0 amide bonds. The second-order valence-electron chi connectivity index (χ2n) is 12.3. The van der Waals surface area contributed by atoms with Gasteiger partial charge in [0, 0.05) is 5.56 Å². The van der Waals surface area contributed by atoms with Crippen molar-refractivity contribution in [2.75, 3.05) is 52.4 Å². The second kappa shape index (κ2) is 19.0. The van der Waals surface area contributed by atoms with Crippen molar-refractivity contribution in [3.05, 3.63) is 164 Å². The fraction of sp³-hybridized carbons (Fsp3) is 0.227. The minimum absolute atomic E-state index is 0.260. The van der Waals surface area contributed by atoms with E-state index in [1.165, 1.54) is 15.9 Å². The van der Waals surface area contributed by atoms with Gasteiger partial charge in [0.25, 0.3) is 0 Å². The van der Waals surface area contributed by atoms with Crippen LogP contribution in [0.3, 0.4) is 0 Å². The molecule has 0 aromatic heterocycles. The summed E-state index contributed by atoms with van der Waals surface area (Å²) < 4.78 is 24.0. The van der Waals surface area contributed by atoms with E-state index < -0.39 is 5.31 Å². The maximum atomic E-state index is 10.3. The molecule has 0 radical (unpaired) electrons. The molecular weight excluding hydrogens is 719 g/mol. The van der Waals surface area contributed by atoms with Crippen molar-refractivity contribution in [3.8, 4) is 22.6 Å². The minimum atomic E-state index is -3.00. The van der Waals surface area contributed by atoms with E-state index in [1.807, 2.05) is 30.3 Å². The quantitative estimate of drug-likeness (QED) is 0.0460. The standard InChI is InChI=1S/C44H48BrO5P/c1-3-14-36-22-25-44(42(34-36)37-23-24-43(46)38(35-37)15-4-2)50-31-30-48-27-26-47-28-29-49-32-33-51(45,39-16-8-5-9-17-39,40-18-10-6-11-19-40)41-20-12-7-13-21-41/h3-13,16-25,34-35,46H,1-2,14-15,26-33H2. The molecule has 0 unspecified atom stereocenters. The predicted molar refractivity (Wildman–Crippen MR) is 218 cm³/mol. The van der Waals surface area contributed by atoms with Gasteiger partial charge in [-0.15, -0.1) is 13.2 Å². The largest absolute Gasteiger partial charge is 0.508 e. The Balaban J connectivity index is 1.08. The van der Waals surface area contributed by atoms with Crippen molar-refractivity contribution in [1.82, 2.24) is 0 Å². The van der Waals surface area contributed by atoms with Crippen LogP contribution in [-0.4, -0.2) is 57.5 Å². The van der Waals surface area contributed by atoms with Gasteiger partial charge in [-0.2, -0.15) is 0 Å². The normalized spacial score (nSPS) is 12.1. The Morgan fingerprint density at radius 3 is 1.61 bits per heavy atom. The maximum Gasteiger partial charge on any atom is 0.119 e. The molecule has 0 aliphatic heterocycles. The van der Waals surface area contributed by atoms with Crippen molar-refractivity contribution in [2.45, 2.75) is 12.8 Å². The molecule has 5 aromatic carbocycles. The van der Waals surface area contributed by atoms with Crippen molar-refractivity contribution in [2.24, 2.45) is 0 Å². The summed E-state index contributed by atoms with van der Waals surface area (Å²) in [5.41, 5.74) is 3.90. The van der Waals surface area contributed by atoms with Crippen molar-refractivity contribution in [3.63, 3.8) is 0 Å². The van der Waals surface area contributed by atoms with E-state index in [2.05, 4.69) is 126 Å². The maximum absolute atomic E-state index is 10.3. The Kier molecular flexibility index (Phi) is 14.2. The zero-order valence-corrected chi connectivity index (χ0v) is 31.7. The number of phenols is 1. The van der Waals surface area contributed by atoms with Crippen LogP contribution in [0.2, 0.25) is 0 Å². The molecule has 5 aromatic rings. The Morgan fingerprint density at radius 2 is 1.08 bits per heavy atom. The fourth-order valence-corrected chi connectivity index (χ4v) is 13.4. The Hall–Kier alpha value is -4.03. The number of rotatable bonds is 21. The van der Waals surface area contributed by atoms with Gasteiger partial charge in [0.15, 0.2) is 0 Å². The zero-order valence-electron chi connectivity index (χ0n) is 29.2. The number of phenolic OH excluding ortho intramolecular Hbond substituents is 1. The molecule has 0 aliphatic rings. The molecule has 0 spiro atoms. The molecule has 5 nitrogen and oxygen atoms in total. The van der Waals surface area contributed by atoms with Crippen LogP contribution in [0.25, 0.3) is 11.1 Å². The van der Waals surface area contributed by atoms with Gasteiger partial charge in [-0.25, -0.2) is 0 Å². The average molecular weight is 768 g/mol. The number of benzene rings is 5. The third kappa shape index (κ3) is 9.45. The Labute approximate surface area is 311 Å². The van der Waals surface area contributed by atoms with Gasteiger partial charge in [-0.3, -0.25) is 0 Å². The summed E-state index contributed by atoms with van der Waals surface area (Å²) in [5, 5.41) is 11.1. The molecule has 0 fully saturated rings. The van der Waals surface area contributed by atoms with Gasteiger partial charge < -0.3 is 5.11 Å². The number of hydrogen-bond acceptors (Lipinski definition) is 5. The first-order valence-electron chi connectivity index (χ1n) is 17.4. The molecule has 5 rings (SSSR count). The fourth-order valence-electron chi connectivity index (χ4n) is 6.33. The van der Waals surface area contributed by atoms with Gasteiger partial charge in [0.05, 0.1) is 0 Å². The number of allylic oxidation sites excluding steroid dienone is 2. The van der Waals surface area contributed by atoms with Gasteiger partial charge in [-0.05, 0) is 53.8 Å². The van der Waals surface area contributed by atoms with E-state index in [1.54, 1.807) is 12.1 Å². The molecule has 51 heavy (non-hydrogen) atoms. The van der Waals surface area contributed by atoms with Crippen LogP contribution in [0.1, 0.15) is 11.1 Å². The molecular formula is C44H48BrO5P. The molecule has 7 heteroatoms. The van der Waals surface area contributed by atoms with Gasteiger partial charge >= 0.3 is 199 Å². The first-order valence-corrected chi connectivity index (χ1v) is 21.8. The predicted octanol–water partition coefficient (Wildman–Crippen LogP) is 8.78. The summed E-state index contributed by atoms with van der Waals surface area (Å²) in [6, 6.07) is 44.0. The van der Waals surface area contributed by atoms with Crippen LogP contribution in [0.15, 0.2) is 153 Å².